The molecule has 0 aliphatic carbocycles. The summed E-state index contributed by atoms with van der Waals surface area (Å²) in [6.07, 6.45) is 0. The van der Waals surface area contributed by atoms with E-state index in [0.29, 0.717) is 0 Å². The molecule has 0 aromatic carbocycles. The van der Waals surface area contributed by atoms with E-state index in [1.165, 1.54) is 0 Å². The van der Waals surface area contributed by atoms with E-state index in [0.717, 1.165) is 0 Å². The molecule has 0 nitrogen and oxygen atoms in total. The van der Waals surface area contributed by atoms with Gasteiger partial charge in [-0.3, -0.25) is 0 Å². The van der Waals surface area contributed by atoms with Crippen LogP contribution in [0.2, 0.25) is 0 Å². The molecule has 44 valence electrons. The third kappa shape index (κ3) is 24.8. The van der Waals surface area contributed by atoms with Crippen molar-refractivity contribution in [3.63, 3.8) is 0 Å². The summed E-state index contributed by atoms with van der Waals surface area (Å²) in [5.41, 5.74) is 0. The molecule has 0 saturated carbocycles. The third-order valence-electron chi connectivity index (χ3n) is 0. The number of rotatable bonds is 0. The van der Waals surface area contributed by atoms with Gasteiger partial charge in [0.15, 0.2) is 0 Å². The Hall–Kier alpha value is 3.88. The quantitative estimate of drug-likeness (QED) is 0.465. The van der Waals surface area contributed by atoms with Gasteiger partial charge in [-0.1, -0.05) is 0 Å². The summed E-state index contributed by atoms with van der Waals surface area (Å²) in [7, 11) is 0. The zero-order chi connectivity index (χ0) is 0. The maximum absolute atomic E-state index is 0. The van der Waals surface area contributed by atoms with Gasteiger partial charge >= 0.3 is 0 Å². The topological polar surface area (TPSA) is 0 Å². The molecule has 0 amide bonds. The molecule has 0 unspecified atom stereocenters. The largest absolute Gasteiger partial charge is 0.114 e. The van der Waals surface area contributed by atoms with Crippen molar-refractivity contribution in [1.29, 1.82) is 0 Å². The van der Waals surface area contributed by atoms with Crippen LogP contribution in [0.3, 0.4) is 0 Å². The Kier molecular flexibility index (Phi) is 316. The van der Waals surface area contributed by atoms with Crippen LogP contribution in [-0.2, 0) is 50.9 Å². The smallest absolute Gasteiger partial charge is 0 e. The molecule has 0 spiro atoms. The number of hydrogen-bond acceptors (Lipinski definition) is 0. The molecule has 6 heteroatoms. The van der Waals surface area contributed by atoms with Crippen LogP contribution in [-0.4, -0.2) is 0 Å². The summed E-state index contributed by atoms with van der Waals surface area (Å²) in [6, 6.07) is 0. The van der Waals surface area contributed by atoms with Gasteiger partial charge in [-0.25, -0.2) is 0 Å². The van der Waals surface area contributed by atoms with E-state index in [-0.39, 0.29) is 127 Å². The fourth-order valence-electron chi connectivity index (χ4n) is 0. The molecule has 0 fully saturated rings. The van der Waals surface area contributed by atoms with Crippen molar-refractivity contribution in [1.82, 2.24) is 0 Å². The Morgan fingerprint density at radius 3 is 0.833 bits per heavy atom. The minimum absolute atomic E-state index is 0. The Morgan fingerprint density at radius 2 is 0.833 bits per heavy atom. The summed E-state index contributed by atoms with van der Waals surface area (Å²) < 4.78 is 0. The molecule has 0 aliphatic heterocycles. The summed E-state index contributed by atoms with van der Waals surface area (Å²) in [6.45, 7) is 0. The fraction of sp³-hybridized carbons (Fsp3) is 0. The number of hydrogen-bond donors (Lipinski definition) is 0. The molecule has 6 heavy (non-hydrogen) atoms. The molecule has 0 atom stereocenters. The minimum Gasteiger partial charge on any atom is -0.114 e. The first-order chi connectivity index (χ1) is 0. The molecule has 0 N–H and O–H groups in total. The van der Waals surface area contributed by atoms with Gasteiger partial charge in [0.05, 0.1) is 0 Å². The van der Waals surface area contributed by atoms with Gasteiger partial charge in [0, 0.05) is 92.7 Å². The SMILES string of the molecule is Br.Br.[Ce].[Co].[Fe].[Mn]. The summed E-state index contributed by atoms with van der Waals surface area (Å²) in [5, 5.41) is 0. The van der Waals surface area contributed by atoms with Crippen molar-refractivity contribution in [2.75, 3.05) is 0 Å². The zero-order valence-corrected chi connectivity index (χ0v) is 12.3. The van der Waals surface area contributed by atoms with E-state index in [1.54, 1.807) is 0 Å². The van der Waals surface area contributed by atoms with Crippen molar-refractivity contribution in [3.8, 4) is 0 Å². The second kappa shape index (κ2) is 36.6. The predicted octanol–water partition coefficient (Wildman–Crippen LogP) is 1.15. The Morgan fingerprint density at radius 1 is 0.833 bits per heavy atom. The van der Waals surface area contributed by atoms with Gasteiger partial charge in [0.2, 0.25) is 0 Å². The normalized spacial score (nSPS) is 0. The molecule has 0 aromatic rings. The molecular formula is H2Br2CeCoFeMn. The number of halogens is 2. The van der Waals surface area contributed by atoms with Crippen LogP contribution in [0.1, 0.15) is 0 Å². The maximum atomic E-state index is 0. The van der Waals surface area contributed by atoms with Crippen LogP contribution < -0.4 is 0 Å². The average Bonchev–Trinajstić information content (AvgIpc) is 0. The van der Waals surface area contributed by atoms with Crippen molar-refractivity contribution >= 4 is 34.0 Å². The Labute approximate surface area is 124 Å². The van der Waals surface area contributed by atoms with Gasteiger partial charge in [-0.15, -0.1) is 34.0 Å². The molecule has 0 bridgehead atoms. The van der Waals surface area contributed by atoms with Crippen LogP contribution >= 0.6 is 34.0 Å². The second-order valence-corrected chi connectivity index (χ2v) is 0. The van der Waals surface area contributed by atoms with Gasteiger partial charge in [-0.2, -0.15) is 0 Å². The second-order valence-electron chi connectivity index (χ2n) is 0. The zero-order valence-electron chi connectivity index (χ0n) is 2.38. The van der Waals surface area contributed by atoms with Crippen LogP contribution in [0.4, 0.5) is 0 Å². The first-order valence-electron chi connectivity index (χ1n) is 0. The summed E-state index contributed by atoms with van der Waals surface area (Å²) >= 11 is 0. The minimum atomic E-state index is 0. The Bertz CT molecular complexity index is 13.5. The predicted molar refractivity (Wildman–Crippen MR) is 20.6 cm³/mol. The molecule has 0 saturated heterocycles. The van der Waals surface area contributed by atoms with E-state index in [1.807, 2.05) is 0 Å². The van der Waals surface area contributed by atoms with E-state index in [2.05, 4.69) is 0 Å². The monoisotopic (exact) mass is 470 g/mol. The van der Waals surface area contributed by atoms with Crippen LogP contribution in [0.15, 0.2) is 0 Å². The van der Waals surface area contributed by atoms with E-state index in [9.17, 15) is 0 Å². The Balaban J connectivity index is 0. The van der Waals surface area contributed by atoms with Crippen molar-refractivity contribution in [2.24, 2.45) is 0 Å². The third-order valence-corrected chi connectivity index (χ3v) is 0. The average molecular weight is 472 g/mol. The van der Waals surface area contributed by atoms with Gasteiger partial charge in [0.1, 0.15) is 0 Å². The van der Waals surface area contributed by atoms with Gasteiger partial charge in [-0.05, 0) is 0 Å². The van der Waals surface area contributed by atoms with Gasteiger partial charge < -0.3 is 0 Å². The summed E-state index contributed by atoms with van der Waals surface area (Å²) in [5.74, 6) is 0. The van der Waals surface area contributed by atoms with Crippen LogP contribution in [0, 0.1) is 41.7 Å². The maximum Gasteiger partial charge on any atom is 0 e. The van der Waals surface area contributed by atoms with Crippen LogP contribution in [0.5, 0.6) is 0 Å². The molecular weight excluding hydrogens is 470 g/mol. The molecule has 0 aliphatic rings. The van der Waals surface area contributed by atoms with E-state index >= 15 is 0 Å². The van der Waals surface area contributed by atoms with Gasteiger partial charge in [0.25, 0.3) is 0 Å². The van der Waals surface area contributed by atoms with Crippen molar-refractivity contribution in [3.05, 3.63) is 0 Å². The molecule has 0 aromatic heterocycles. The van der Waals surface area contributed by atoms with E-state index in [4.69, 9.17) is 0 Å². The molecule has 0 heterocycles. The first-order valence-corrected chi connectivity index (χ1v) is 0. The summed E-state index contributed by atoms with van der Waals surface area (Å²) in [4.78, 5) is 0. The molecule has 2 radical (unpaired) electrons. The van der Waals surface area contributed by atoms with Crippen molar-refractivity contribution < 1.29 is 92.7 Å². The van der Waals surface area contributed by atoms with E-state index < -0.39 is 0 Å². The van der Waals surface area contributed by atoms with Crippen LogP contribution in [0.25, 0.3) is 0 Å². The standard InChI is InChI=1S/2BrH.Ce.Co.Fe.Mn/h2*1H;;;;. The first kappa shape index (κ1) is 51.7. The van der Waals surface area contributed by atoms with Crippen molar-refractivity contribution in [2.45, 2.75) is 0 Å². The molecule has 0 rings (SSSR count). The fourth-order valence-corrected chi connectivity index (χ4v) is 0.